The van der Waals surface area contributed by atoms with Gasteiger partial charge in [0.15, 0.2) is 0 Å². The number of likely N-dealkylation sites (tertiary alicyclic amines) is 1. The zero-order valence-corrected chi connectivity index (χ0v) is 17.2. The van der Waals surface area contributed by atoms with Crippen molar-refractivity contribution in [3.63, 3.8) is 0 Å². The molecule has 6 nitrogen and oxygen atoms in total. The number of fused-ring (bicyclic) bond motifs is 1. The summed E-state index contributed by atoms with van der Waals surface area (Å²) >= 11 is 0. The number of hydrogen-bond acceptors (Lipinski definition) is 4. The Balaban J connectivity index is 1.50. The van der Waals surface area contributed by atoms with Crippen LogP contribution in [0, 0.1) is 5.92 Å². The number of nitrogens with one attached hydrogen (secondary N) is 1. The van der Waals surface area contributed by atoms with E-state index in [1.807, 2.05) is 11.8 Å². The molecule has 3 heterocycles. The summed E-state index contributed by atoms with van der Waals surface area (Å²) in [6.07, 6.45) is 11.1. The Morgan fingerprint density at radius 2 is 1.89 bits per heavy atom. The third kappa shape index (κ3) is 4.17. The fourth-order valence-electron chi connectivity index (χ4n) is 5.27. The van der Waals surface area contributed by atoms with Gasteiger partial charge < -0.3 is 9.88 Å². The lowest BCUT2D eigenvalue weighted by molar-refractivity contribution is -0.134. The molecule has 28 heavy (non-hydrogen) atoms. The molecule has 1 aromatic rings. The summed E-state index contributed by atoms with van der Waals surface area (Å²) in [6, 6.07) is -0.0699. The van der Waals surface area contributed by atoms with Gasteiger partial charge in [0.1, 0.15) is 5.82 Å². The molecule has 0 radical (unpaired) electrons. The summed E-state index contributed by atoms with van der Waals surface area (Å²) < 4.78 is 0. The van der Waals surface area contributed by atoms with E-state index in [2.05, 4.69) is 9.88 Å². The van der Waals surface area contributed by atoms with Crippen molar-refractivity contribution in [2.45, 2.75) is 83.7 Å². The molecule has 0 aromatic carbocycles. The van der Waals surface area contributed by atoms with Crippen molar-refractivity contribution in [3.05, 3.63) is 27.4 Å². The summed E-state index contributed by atoms with van der Waals surface area (Å²) in [4.78, 5) is 37.5. The molecule has 6 heteroatoms. The highest BCUT2D eigenvalue weighted by atomic mass is 16.2. The normalized spacial score (nSPS) is 24.2. The van der Waals surface area contributed by atoms with Crippen molar-refractivity contribution >= 4 is 5.91 Å². The van der Waals surface area contributed by atoms with Gasteiger partial charge >= 0.3 is 0 Å². The number of piperidine rings is 1. The standard InChI is InChI=1S/C22H34N4O2/c1-2-20(27)26-12-7-6-10-19(26)21-23-18-11-13-25(15-17(18)22(28)24-21)14-16-8-4-3-5-9-16/h16,19H,2-15H2,1H3,(H,23,24,28)/t19-/m0/s1. The molecule has 0 unspecified atom stereocenters. The number of rotatable bonds is 4. The maximum Gasteiger partial charge on any atom is 0.255 e. The maximum absolute atomic E-state index is 12.9. The Bertz CT molecular complexity index is 753. The lowest BCUT2D eigenvalue weighted by Gasteiger charge is -2.36. The zero-order chi connectivity index (χ0) is 19.5. The molecule has 2 aliphatic heterocycles. The van der Waals surface area contributed by atoms with E-state index in [-0.39, 0.29) is 17.5 Å². The molecule has 1 atom stereocenters. The molecule has 154 valence electrons. The van der Waals surface area contributed by atoms with Crippen molar-refractivity contribution < 1.29 is 4.79 Å². The summed E-state index contributed by atoms with van der Waals surface area (Å²) in [5.74, 6) is 1.65. The molecule has 0 spiro atoms. The number of aromatic nitrogens is 2. The highest BCUT2D eigenvalue weighted by Crippen LogP contribution is 2.30. The Hall–Kier alpha value is -1.69. The summed E-state index contributed by atoms with van der Waals surface area (Å²) in [6.45, 7) is 5.49. The highest BCUT2D eigenvalue weighted by molar-refractivity contribution is 5.76. The van der Waals surface area contributed by atoms with Crippen LogP contribution in [0.2, 0.25) is 0 Å². The van der Waals surface area contributed by atoms with Crippen LogP contribution in [0.3, 0.4) is 0 Å². The Morgan fingerprint density at radius 1 is 1.11 bits per heavy atom. The van der Waals surface area contributed by atoms with Crippen LogP contribution in [0.25, 0.3) is 0 Å². The van der Waals surface area contributed by atoms with E-state index in [1.165, 1.54) is 32.1 Å². The molecule has 1 aliphatic carbocycles. The summed E-state index contributed by atoms with van der Waals surface area (Å²) in [5.41, 5.74) is 1.80. The third-order valence-corrected chi connectivity index (χ3v) is 6.85. The van der Waals surface area contributed by atoms with Gasteiger partial charge in [-0.2, -0.15) is 0 Å². The molecule has 1 amide bonds. The topological polar surface area (TPSA) is 69.3 Å². The molecule has 4 rings (SSSR count). The molecule has 2 fully saturated rings. The van der Waals surface area contributed by atoms with E-state index < -0.39 is 0 Å². The van der Waals surface area contributed by atoms with Crippen molar-refractivity contribution in [1.82, 2.24) is 19.8 Å². The SMILES string of the molecule is CCC(=O)N1CCCC[C@H]1c1nc2c(c(=O)[nH]1)CN(CC1CCCCC1)CC2. The number of H-pyrrole nitrogens is 1. The van der Waals surface area contributed by atoms with Gasteiger partial charge in [-0.1, -0.05) is 26.2 Å². The average Bonchev–Trinajstić information content (AvgIpc) is 2.74. The first-order valence-corrected chi connectivity index (χ1v) is 11.3. The number of carbonyl (C=O) groups excluding carboxylic acids is 1. The van der Waals surface area contributed by atoms with Crippen LogP contribution in [0.15, 0.2) is 4.79 Å². The van der Waals surface area contributed by atoms with Gasteiger partial charge in [0.05, 0.1) is 17.3 Å². The van der Waals surface area contributed by atoms with Gasteiger partial charge in [0, 0.05) is 39.0 Å². The average molecular weight is 387 g/mol. The third-order valence-electron chi connectivity index (χ3n) is 6.85. The van der Waals surface area contributed by atoms with Crippen molar-refractivity contribution in [1.29, 1.82) is 0 Å². The quantitative estimate of drug-likeness (QED) is 0.863. The minimum absolute atomic E-state index is 0.00261. The number of aromatic amines is 1. The first kappa shape index (κ1) is 19.6. The second-order valence-electron chi connectivity index (χ2n) is 8.82. The van der Waals surface area contributed by atoms with Gasteiger partial charge in [-0.3, -0.25) is 14.5 Å². The van der Waals surface area contributed by atoms with Crippen molar-refractivity contribution in [3.8, 4) is 0 Å². The summed E-state index contributed by atoms with van der Waals surface area (Å²) in [5, 5.41) is 0. The van der Waals surface area contributed by atoms with Gasteiger partial charge in [-0.05, 0) is 38.0 Å². The molecule has 1 saturated heterocycles. The summed E-state index contributed by atoms with van der Waals surface area (Å²) in [7, 11) is 0. The Morgan fingerprint density at radius 3 is 2.68 bits per heavy atom. The lowest BCUT2D eigenvalue weighted by Crippen LogP contribution is -2.42. The largest absolute Gasteiger partial charge is 0.333 e. The molecule has 1 aromatic heterocycles. The maximum atomic E-state index is 12.9. The van der Waals surface area contributed by atoms with E-state index >= 15 is 0 Å². The fourth-order valence-corrected chi connectivity index (χ4v) is 5.27. The second kappa shape index (κ2) is 8.76. The van der Waals surface area contributed by atoms with E-state index in [4.69, 9.17) is 4.98 Å². The molecule has 3 aliphatic rings. The number of hydrogen-bond donors (Lipinski definition) is 1. The molecular weight excluding hydrogens is 352 g/mol. The van der Waals surface area contributed by atoms with Gasteiger partial charge in [-0.25, -0.2) is 4.98 Å². The van der Waals surface area contributed by atoms with Crippen LogP contribution >= 0.6 is 0 Å². The monoisotopic (exact) mass is 386 g/mol. The van der Waals surface area contributed by atoms with Crippen molar-refractivity contribution in [2.75, 3.05) is 19.6 Å². The smallest absolute Gasteiger partial charge is 0.255 e. The van der Waals surface area contributed by atoms with Crippen LogP contribution in [-0.4, -0.2) is 45.3 Å². The molecule has 1 N–H and O–H groups in total. The van der Waals surface area contributed by atoms with E-state index in [9.17, 15) is 9.59 Å². The minimum Gasteiger partial charge on any atom is -0.333 e. The Kier molecular flexibility index (Phi) is 6.14. The number of carbonyl (C=O) groups is 1. The van der Waals surface area contributed by atoms with Gasteiger partial charge in [0.2, 0.25) is 5.91 Å². The Labute approximate surface area is 167 Å². The lowest BCUT2D eigenvalue weighted by atomic mass is 9.88. The predicted octanol–water partition coefficient (Wildman–Crippen LogP) is 3.17. The van der Waals surface area contributed by atoms with E-state index in [0.29, 0.717) is 12.2 Å². The fraction of sp³-hybridized carbons (Fsp3) is 0.773. The molecular formula is C22H34N4O2. The minimum atomic E-state index is -0.0699. The van der Waals surface area contributed by atoms with Crippen LogP contribution in [0.4, 0.5) is 0 Å². The predicted molar refractivity (Wildman–Crippen MR) is 109 cm³/mol. The first-order valence-electron chi connectivity index (χ1n) is 11.3. The van der Waals surface area contributed by atoms with Crippen molar-refractivity contribution in [2.24, 2.45) is 5.92 Å². The van der Waals surface area contributed by atoms with E-state index in [0.717, 1.165) is 69.0 Å². The van der Waals surface area contributed by atoms with Gasteiger partial charge in [0.25, 0.3) is 5.56 Å². The van der Waals surface area contributed by atoms with E-state index in [1.54, 1.807) is 0 Å². The van der Waals surface area contributed by atoms with Crippen LogP contribution in [-0.2, 0) is 17.8 Å². The van der Waals surface area contributed by atoms with Gasteiger partial charge in [-0.15, -0.1) is 0 Å². The van der Waals surface area contributed by atoms with Crippen LogP contribution < -0.4 is 5.56 Å². The second-order valence-corrected chi connectivity index (χ2v) is 8.82. The zero-order valence-electron chi connectivity index (χ0n) is 17.2. The number of nitrogens with zero attached hydrogens (tertiary/aromatic N) is 3. The molecule has 1 saturated carbocycles. The molecule has 0 bridgehead atoms. The number of amides is 1. The van der Waals surface area contributed by atoms with Crippen LogP contribution in [0.5, 0.6) is 0 Å². The first-order chi connectivity index (χ1) is 13.7. The highest BCUT2D eigenvalue weighted by Gasteiger charge is 2.31. The van der Waals surface area contributed by atoms with Crippen LogP contribution in [0.1, 0.15) is 87.8 Å².